The number of rotatable bonds is 3. The van der Waals surface area contributed by atoms with E-state index in [1.54, 1.807) is 60.7 Å². The summed E-state index contributed by atoms with van der Waals surface area (Å²) in [5.41, 5.74) is 0. The molecule has 0 aliphatic heterocycles. The van der Waals surface area contributed by atoms with Gasteiger partial charge in [0.2, 0.25) is 5.76 Å². The van der Waals surface area contributed by atoms with Gasteiger partial charge in [0.15, 0.2) is 0 Å². The molecule has 21 heavy (non-hydrogen) atoms. The average molecular weight is 331 g/mol. The van der Waals surface area contributed by atoms with Crippen molar-refractivity contribution in [2.24, 2.45) is 0 Å². The lowest BCUT2D eigenvalue weighted by molar-refractivity contribution is -0.120. The molecule has 2 aromatic carbocycles. The Morgan fingerprint density at radius 3 is 1.57 bits per heavy atom. The molecule has 0 amide bonds. The fourth-order valence-electron chi connectivity index (χ4n) is 1.75. The third kappa shape index (κ3) is 3.78. The number of hydrogen-bond donors (Lipinski definition) is 1. The summed E-state index contributed by atoms with van der Waals surface area (Å²) in [4.78, 5) is 0. The molecular formula is C15H11ClF3OP. The van der Waals surface area contributed by atoms with E-state index in [-0.39, 0.29) is 0 Å². The summed E-state index contributed by atoms with van der Waals surface area (Å²) < 4.78 is 37.6. The van der Waals surface area contributed by atoms with Crippen LogP contribution in [0.1, 0.15) is 0 Å². The predicted molar refractivity (Wildman–Crippen MR) is 80.6 cm³/mol. The lowest BCUT2D eigenvalue weighted by Gasteiger charge is -2.19. The monoisotopic (exact) mass is 330 g/mol. The van der Waals surface area contributed by atoms with Crippen LogP contribution in [0.4, 0.5) is 13.2 Å². The van der Waals surface area contributed by atoms with Gasteiger partial charge in [-0.25, -0.2) is 0 Å². The van der Waals surface area contributed by atoms with Crippen molar-refractivity contribution in [3.63, 3.8) is 0 Å². The van der Waals surface area contributed by atoms with Crippen LogP contribution in [0.5, 0.6) is 0 Å². The SMILES string of the molecule is O/C(=C(/Cl)P(c1ccccc1)c1ccccc1)C(F)(F)F. The molecule has 0 bridgehead atoms. The number of aliphatic hydroxyl groups excluding tert-OH is 1. The first-order valence-electron chi connectivity index (χ1n) is 5.97. The van der Waals surface area contributed by atoms with Crippen LogP contribution in [0, 0.1) is 0 Å². The van der Waals surface area contributed by atoms with E-state index >= 15 is 0 Å². The molecule has 0 aliphatic carbocycles. The zero-order valence-corrected chi connectivity index (χ0v) is 12.3. The quantitative estimate of drug-likeness (QED) is 0.641. The second-order valence-corrected chi connectivity index (χ2v) is 6.94. The highest BCUT2D eigenvalue weighted by molar-refractivity contribution is 7.78. The highest BCUT2D eigenvalue weighted by Gasteiger charge is 2.38. The number of benzene rings is 2. The van der Waals surface area contributed by atoms with Crippen molar-refractivity contribution in [2.75, 3.05) is 0 Å². The third-order valence-electron chi connectivity index (χ3n) is 2.69. The minimum atomic E-state index is -4.86. The van der Waals surface area contributed by atoms with Crippen molar-refractivity contribution in [2.45, 2.75) is 6.18 Å². The molecular weight excluding hydrogens is 320 g/mol. The first-order valence-corrected chi connectivity index (χ1v) is 7.69. The smallest absolute Gasteiger partial charge is 0.450 e. The van der Waals surface area contributed by atoms with Crippen molar-refractivity contribution >= 4 is 30.1 Å². The lowest BCUT2D eigenvalue weighted by atomic mass is 10.4. The van der Waals surface area contributed by atoms with Gasteiger partial charge < -0.3 is 5.11 Å². The minimum Gasteiger partial charge on any atom is -0.503 e. The fraction of sp³-hybridized carbons (Fsp3) is 0.0667. The molecule has 0 unspecified atom stereocenters. The van der Waals surface area contributed by atoms with E-state index in [2.05, 4.69) is 0 Å². The summed E-state index contributed by atoms with van der Waals surface area (Å²) in [5.74, 6) is -1.73. The van der Waals surface area contributed by atoms with Crippen molar-refractivity contribution in [3.05, 3.63) is 71.2 Å². The Morgan fingerprint density at radius 1 is 0.857 bits per heavy atom. The molecule has 110 valence electrons. The molecule has 0 atom stereocenters. The molecule has 6 heteroatoms. The van der Waals surface area contributed by atoms with Crippen molar-refractivity contribution in [3.8, 4) is 0 Å². The van der Waals surface area contributed by atoms with Crippen LogP contribution < -0.4 is 10.6 Å². The number of allylic oxidation sites excluding steroid dienone is 1. The van der Waals surface area contributed by atoms with Crippen LogP contribution in [-0.2, 0) is 0 Å². The van der Waals surface area contributed by atoms with E-state index in [4.69, 9.17) is 11.6 Å². The van der Waals surface area contributed by atoms with Crippen molar-refractivity contribution in [1.82, 2.24) is 0 Å². The lowest BCUT2D eigenvalue weighted by Crippen LogP contribution is -2.17. The minimum absolute atomic E-state index is 0.574. The van der Waals surface area contributed by atoms with Gasteiger partial charge in [-0.15, -0.1) is 0 Å². The standard InChI is InChI=1S/C15H11ClF3OP/c16-14(13(20)15(17,18)19)21(11-7-3-1-4-8-11)12-9-5-2-6-10-12/h1-10,20H/b14-13-. The van der Waals surface area contributed by atoms with Crippen LogP contribution >= 0.6 is 19.5 Å². The highest BCUT2D eigenvalue weighted by atomic mass is 35.5. The second kappa shape index (κ2) is 6.50. The zero-order valence-electron chi connectivity index (χ0n) is 10.7. The van der Waals surface area contributed by atoms with E-state index < -0.39 is 24.6 Å². The molecule has 0 fully saturated rings. The molecule has 0 saturated heterocycles. The maximum Gasteiger partial charge on any atom is 0.450 e. The van der Waals surface area contributed by atoms with Crippen LogP contribution in [0.2, 0.25) is 0 Å². The normalized spacial score (nSPS) is 13.2. The van der Waals surface area contributed by atoms with Gasteiger partial charge in [0.1, 0.15) is 0 Å². The molecule has 2 aromatic rings. The van der Waals surface area contributed by atoms with Gasteiger partial charge in [-0.3, -0.25) is 0 Å². The number of aliphatic hydroxyl groups is 1. The number of hydrogen-bond acceptors (Lipinski definition) is 1. The maximum atomic E-state index is 12.7. The van der Waals surface area contributed by atoms with Crippen molar-refractivity contribution < 1.29 is 18.3 Å². The van der Waals surface area contributed by atoms with Gasteiger partial charge in [-0.1, -0.05) is 72.3 Å². The van der Waals surface area contributed by atoms with E-state index in [0.717, 1.165) is 0 Å². The van der Waals surface area contributed by atoms with Crippen LogP contribution in [0.25, 0.3) is 0 Å². The van der Waals surface area contributed by atoms with Crippen molar-refractivity contribution in [1.29, 1.82) is 0 Å². The highest BCUT2D eigenvalue weighted by Crippen LogP contribution is 2.48. The topological polar surface area (TPSA) is 20.2 Å². The maximum absolute atomic E-state index is 12.7. The largest absolute Gasteiger partial charge is 0.503 e. The van der Waals surface area contributed by atoms with E-state index in [0.29, 0.717) is 10.6 Å². The van der Waals surface area contributed by atoms with Gasteiger partial charge in [-0.2, -0.15) is 13.2 Å². The Hall–Kier alpha value is -1.51. The molecule has 0 aromatic heterocycles. The molecule has 1 N–H and O–H groups in total. The Kier molecular flexibility index (Phi) is 4.92. The summed E-state index contributed by atoms with van der Waals surface area (Å²) >= 11 is 5.89. The number of halogens is 4. The summed E-state index contributed by atoms with van der Waals surface area (Å²) in [6, 6.07) is 17.2. The first kappa shape index (κ1) is 15.9. The van der Waals surface area contributed by atoms with Crippen LogP contribution in [-0.4, -0.2) is 11.3 Å². The zero-order chi connectivity index (χ0) is 15.5. The van der Waals surface area contributed by atoms with Gasteiger partial charge in [0.05, 0.1) is 4.77 Å². The Balaban J connectivity index is 2.58. The molecule has 0 spiro atoms. The summed E-state index contributed by atoms with van der Waals surface area (Å²) in [5, 5.41) is 10.7. The molecule has 0 aliphatic rings. The third-order valence-corrected chi connectivity index (χ3v) is 5.61. The van der Waals surface area contributed by atoms with Gasteiger partial charge >= 0.3 is 6.18 Å². The predicted octanol–water partition coefficient (Wildman–Crippen LogP) is 4.65. The average Bonchev–Trinajstić information content (AvgIpc) is 2.48. The summed E-state index contributed by atoms with van der Waals surface area (Å²) in [6.07, 6.45) is -4.86. The summed E-state index contributed by atoms with van der Waals surface area (Å²) in [6.45, 7) is 0. The molecule has 2 rings (SSSR count). The summed E-state index contributed by atoms with van der Waals surface area (Å²) in [7, 11) is -1.64. The Bertz CT molecular complexity index is 587. The van der Waals surface area contributed by atoms with Crippen LogP contribution in [0.3, 0.4) is 0 Å². The Labute approximate surface area is 126 Å². The van der Waals surface area contributed by atoms with Gasteiger partial charge in [0, 0.05) is 7.92 Å². The number of alkyl halides is 3. The molecule has 1 nitrogen and oxygen atoms in total. The first-order chi connectivity index (χ1) is 9.91. The Morgan fingerprint density at radius 2 is 1.24 bits per heavy atom. The van der Waals surface area contributed by atoms with E-state index in [9.17, 15) is 18.3 Å². The fourth-order valence-corrected chi connectivity index (χ4v) is 4.48. The van der Waals surface area contributed by atoms with Crippen LogP contribution in [0.15, 0.2) is 71.2 Å². The molecule has 0 radical (unpaired) electrons. The second-order valence-electron chi connectivity index (χ2n) is 4.14. The van der Waals surface area contributed by atoms with Gasteiger partial charge in [0.25, 0.3) is 0 Å². The molecule has 0 saturated carbocycles. The van der Waals surface area contributed by atoms with E-state index in [1.807, 2.05) is 0 Å². The molecule has 0 heterocycles. The van der Waals surface area contributed by atoms with E-state index in [1.165, 1.54) is 0 Å². The van der Waals surface area contributed by atoms with Gasteiger partial charge in [-0.05, 0) is 10.6 Å².